The number of carbonyl (C=O) groups excluding carboxylic acids is 1. The molecule has 1 fully saturated rings. The predicted octanol–water partition coefficient (Wildman–Crippen LogP) is 0.00960. The van der Waals surface area contributed by atoms with Crippen LogP contribution in [0.1, 0.15) is 12.8 Å². The second-order valence-electron chi connectivity index (χ2n) is 3.17. The van der Waals surface area contributed by atoms with Crippen LogP contribution in [-0.2, 0) is 0 Å². The van der Waals surface area contributed by atoms with E-state index in [0.29, 0.717) is 6.04 Å². The molecular weight excluding hydrogens is 154 g/mol. The molecule has 70 valence electrons. The topological polar surface area (TPSA) is 44.4 Å². The number of nitrogens with zero attached hydrogens (tertiary/aromatic N) is 1. The Bertz CT molecular complexity index is 154. The lowest BCUT2D eigenvalue weighted by Crippen LogP contribution is -2.49. The van der Waals surface area contributed by atoms with Crippen LogP contribution in [-0.4, -0.2) is 44.2 Å². The van der Waals surface area contributed by atoms with Gasteiger partial charge in [-0.05, 0) is 19.4 Å². The number of amides is 2. The molecule has 1 aliphatic rings. The van der Waals surface area contributed by atoms with Gasteiger partial charge in [0.05, 0.1) is 0 Å². The van der Waals surface area contributed by atoms with Crippen molar-refractivity contribution < 1.29 is 4.79 Å². The van der Waals surface area contributed by atoms with Crippen molar-refractivity contribution in [1.29, 1.82) is 0 Å². The number of carbonyl (C=O) groups is 1. The Labute approximate surface area is 73.3 Å². The van der Waals surface area contributed by atoms with Crippen LogP contribution in [0.5, 0.6) is 0 Å². The third-order valence-corrected chi connectivity index (χ3v) is 2.35. The summed E-state index contributed by atoms with van der Waals surface area (Å²) in [6, 6.07) is 0.363. The molecular formula is C8H17N3O. The zero-order valence-electron chi connectivity index (χ0n) is 7.76. The van der Waals surface area contributed by atoms with Gasteiger partial charge in [-0.3, -0.25) is 0 Å². The summed E-state index contributed by atoms with van der Waals surface area (Å²) in [7, 11) is 3.51. The highest BCUT2D eigenvalue weighted by molar-refractivity contribution is 5.73. The van der Waals surface area contributed by atoms with E-state index in [2.05, 4.69) is 10.6 Å². The molecule has 4 heteroatoms. The second kappa shape index (κ2) is 4.30. The van der Waals surface area contributed by atoms with Gasteiger partial charge >= 0.3 is 6.03 Å². The van der Waals surface area contributed by atoms with E-state index in [9.17, 15) is 4.79 Å². The smallest absolute Gasteiger partial charge is 0.317 e. The standard InChI is InChI=1S/C8H17N3O/c1-9-8(12)11(2)7-4-3-5-10-6-7/h7,10H,3-6H2,1-2H3,(H,9,12). The molecule has 2 N–H and O–H groups in total. The zero-order valence-corrected chi connectivity index (χ0v) is 7.76. The Hall–Kier alpha value is -0.770. The van der Waals surface area contributed by atoms with Crippen molar-refractivity contribution >= 4 is 6.03 Å². The maximum atomic E-state index is 11.2. The molecule has 0 radical (unpaired) electrons. The van der Waals surface area contributed by atoms with Crippen LogP contribution in [0, 0.1) is 0 Å². The molecule has 0 aromatic carbocycles. The average Bonchev–Trinajstić information content (AvgIpc) is 2.17. The molecule has 1 atom stereocenters. The number of nitrogens with one attached hydrogen (secondary N) is 2. The molecule has 1 aliphatic heterocycles. The van der Waals surface area contributed by atoms with Crippen molar-refractivity contribution in [2.45, 2.75) is 18.9 Å². The molecule has 1 heterocycles. The number of likely N-dealkylation sites (N-methyl/N-ethyl adjacent to an activating group) is 1. The molecule has 0 aromatic rings. The van der Waals surface area contributed by atoms with Gasteiger partial charge in [-0.15, -0.1) is 0 Å². The first-order valence-electron chi connectivity index (χ1n) is 4.41. The molecule has 0 aliphatic carbocycles. The molecule has 1 unspecified atom stereocenters. The maximum Gasteiger partial charge on any atom is 0.317 e. The normalized spacial score (nSPS) is 23.3. The first-order valence-corrected chi connectivity index (χ1v) is 4.41. The van der Waals surface area contributed by atoms with Gasteiger partial charge < -0.3 is 15.5 Å². The third kappa shape index (κ3) is 2.11. The first-order chi connectivity index (χ1) is 5.75. The molecule has 12 heavy (non-hydrogen) atoms. The van der Waals surface area contributed by atoms with Crippen molar-refractivity contribution in [2.75, 3.05) is 27.2 Å². The van der Waals surface area contributed by atoms with Crippen LogP contribution in [0.4, 0.5) is 4.79 Å². The van der Waals surface area contributed by atoms with Crippen molar-refractivity contribution in [2.24, 2.45) is 0 Å². The highest BCUT2D eigenvalue weighted by Crippen LogP contribution is 2.07. The average molecular weight is 171 g/mol. The van der Waals surface area contributed by atoms with Crippen LogP contribution in [0.2, 0.25) is 0 Å². The van der Waals surface area contributed by atoms with E-state index in [0.717, 1.165) is 25.9 Å². The second-order valence-corrected chi connectivity index (χ2v) is 3.17. The molecule has 0 spiro atoms. The van der Waals surface area contributed by atoms with Gasteiger partial charge in [-0.1, -0.05) is 0 Å². The Morgan fingerprint density at radius 1 is 1.67 bits per heavy atom. The van der Waals surface area contributed by atoms with E-state index in [1.165, 1.54) is 0 Å². The van der Waals surface area contributed by atoms with E-state index in [1.807, 2.05) is 7.05 Å². The van der Waals surface area contributed by atoms with E-state index in [1.54, 1.807) is 11.9 Å². The minimum Gasteiger partial charge on any atom is -0.341 e. The molecule has 2 amide bonds. The Morgan fingerprint density at radius 3 is 2.92 bits per heavy atom. The van der Waals surface area contributed by atoms with Crippen molar-refractivity contribution in [3.63, 3.8) is 0 Å². The number of rotatable bonds is 1. The highest BCUT2D eigenvalue weighted by atomic mass is 16.2. The summed E-state index contributed by atoms with van der Waals surface area (Å²) >= 11 is 0. The van der Waals surface area contributed by atoms with Gasteiger partial charge in [0.2, 0.25) is 0 Å². The Balaban J connectivity index is 2.39. The van der Waals surface area contributed by atoms with Gasteiger partial charge in [-0.25, -0.2) is 4.79 Å². The summed E-state index contributed by atoms with van der Waals surface area (Å²) < 4.78 is 0. The van der Waals surface area contributed by atoms with Crippen LogP contribution in [0.15, 0.2) is 0 Å². The predicted molar refractivity (Wildman–Crippen MR) is 48.1 cm³/mol. The summed E-state index contributed by atoms with van der Waals surface area (Å²) in [5, 5.41) is 5.89. The van der Waals surface area contributed by atoms with E-state index < -0.39 is 0 Å². The van der Waals surface area contributed by atoms with Crippen LogP contribution in [0.3, 0.4) is 0 Å². The zero-order chi connectivity index (χ0) is 8.97. The van der Waals surface area contributed by atoms with Crippen molar-refractivity contribution in [3.8, 4) is 0 Å². The summed E-state index contributed by atoms with van der Waals surface area (Å²) in [5.74, 6) is 0. The third-order valence-electron chi connectivity index (χ3n) is 2.35. The fraction of sp³-hybridized carbons (Fsp3) is 0.875. The van der Waals surface area contributed by atoms with E-state index in [-0.39, 0.29) is 6.03 Å². The minimum absolute atomic E-state index is 0.00343. The summed E-state index contributed by atoms with van der Waals surface area (Å²) in [5.41, 5.74) is 0. The lowest BCUT2D eigenvalue weighted by atomic mass is 10.1. The van der Waals surface area contributed by atoms with Crippen LogP contribution >= 0.6 is 0 Å². The van der Waals surface area contributed by atoms with Gasteiger partial charge in [0.15, 0.2) is 0 Å². The van der Waals surface area contributed by atoms with Crippen molar-refractivity contribution in [1.82, 2.24) is 15.5 Å². The molecule has 1 saturated heterocycles. The molecule has 1 rings (SSSR count). The summed E-state index contributed by atoms with van der Waals surface area (Å²) in [6.07, 6.45) is 2.27. The summed E-state index contributed by atoms with van der Waals surface area (Å²) in [4.78, 5) is 13.0. The van der Waals surface area contributed by atoms with Gasteiger partial charge in [0.25, 0.3) is 0 Å². The Kier molecular flexibility index (Phi) is 3.34. The monoisotopic (exact) mass is 171 g/mol. The molecule has 0 saturated carbocycles. The number of piperidine rings is 1. The van der Waals surface area contributed by atoms with Gasteiger partial charge in [0.1, 0.15) is 0 Å². The van der Waals surface area contributed by atoms with Crippen LogP contribution < -0.4 is 10.6 Å². The largest absolute Gasteiger partial charge is 0.341 e. The maximum absolute atomic E-state index is 11.2. The fourth-order valence-electron chi connectivity index (χ4n) is 1.51. The van der Waals surface area contributed by atoms with E-state index in [4.69, 9.17) is 0 Å². The minimum atomic E-state index is 0.00343. The van der Waals surface area contributed by atoms with Gasteiger partial charge in [-0.2, -0.15) is 0 Å². The number of urea groups is 1. The quantitative estimate of drug-likeness (QED) is 0.583. The summed E-state index contributed by atoms with van der Waals surface area (Å²) in [6.45, 7) is 2.00. The SMILES string of the molecule is CNC(=O)N(C)C1CCCNC1. The number of hydrogen-bond acceptors (Lipinski definition) is 2. The highest BCUT2D eigenvalue weighted by Gasteiger charge is 2.20. The van der Waals surface area contributed by atoms with Crippen molar-refractivity contribution in [3.05, 3.63) is 0 Å². The fourth-order valence-corrected chi connectivity index (χ4v) is 1.51. The lowest BCUT2D eigenvalue weighted by molar-refractivity contribution is 0.180. The molecule has 0 aromatic heterocycles. The molecule has 0 bridgehead atoms. The van der Waals surface area contributed by atoms with Gasteiger partial charge in [0, 0.05) is 26.7 Å². The first kappa shape index (κ1) is 9.32. The van der Waals surface area contributed by atoms with E-state index >= 15 is 0 Å². The number of hydrogen-bond donors (Lipinski definition) is 2. The molecule has 4 nitrogen and oxygen atoms in total. The lowest BCUT2D eigenvalue weighted by Gasteiger charge is -2.31. The Morgan fingerprint density at radius 2 is 2.42 bits per heavy atom. The van der Waals surface area contributed by atoms with Crippen LogP contribution in [0.25, 0.3) is 0 Å².